The van der Waals surface area contributed by atoms with E-state index in [1.54, 1.807) is 6.20 Å². The zero-order valence-electron chi connectivity index (χ0n) is 9.20. The van der Waals surface area contributed by atoms with E-state index in [1.165, 1.54) is 22.5 Å². The molecule has 0 atom stereocenters. The Morgan fingerprint density at radius 3 is 3.06 bits per heavy atom. The Morgan fingerprint density at radius 1 is 1.53 bits per heavy atom. The van der Waals surface area contributed by atoms with E-state index in [-0.39, 0.29) is 0 Å². The molecule has 5 heteroatoms. The minimum atomic E-state index is 0.624. The summed E-state index contributed by atoms with van der Waals surface area (Å²) >= 11 is 4.82. The molecule has 2 aromatic rings. The Labute approximate surface area is 112 Å². The normalized spacial score (nSPS) is 9.94. The molecule has 17 heavy (non-hydrogen) atoms. The van der Waals surface area contributed by atoms with Crippen LogP contribution in [-0.4, -0.2) is 4.98 Å². The highest BCUT2D eigenvalue weighted by Gasteiger charge is 2.03. The van der Waals surface area contributed by atoms with Crippen LogP contribution in [0.5, 0.6) is 0 Å². The fraction of sp³-hybridized carbons (Fsp3) is 0.167. The third-order valence-corrected chi connectivity index (χ3v) is 3.71. The fourth-order valence-corrected chi connectivity index (χ4v) is 2.43. The van der Waals surface area contributed by atoms with Gasteiger partial charge in [0.05, 0.1) is 6.20 Å². The minimum absolute atomic E-state index is 0.624. The van der Waals surface area contributed by atoms with E-state index >= 15 is 0 Å². The van der Waals surface area contributed by atoms with Crippen LogP contribution in [0.25, 0.3) is 0 Å². The van der Waals surface area contributed by atoms with Crippen LogP contribution in [0.1, 0.15) is 16.0 Å². The lowest BCUT2D eigenvalue weighted by Crippen LogP contribution is -2.00. The molecule has 86 valence electrons. The van der Waals surface area contributed by atoms with Gasteiger partial charge >= 0.3 is 0 Å². The van der Waals surface area contributed by atoms with E-state index in [1.807, 2.05) is 6.07 Å². The molecule has 0 aliphatic rings. The molecule has 0 saturated heterocycles. The Balaban J connectivity index is 2.07. The standard InChI is InChI=1S/C12H10BrN3S/c1-8-2-3-10(13)4-9(8)6-15-12-16-7-11(5-14)17-12/h2-4,7H,6H2,1H3,(H,15,16). The zero-order chi connectivity index (χ0) is 12.3. The molecule has 0 amide bonds. The number of rotatable bonds is 3. The van der Waals surface area contributed by atoms with Gasteiger partial charge in [0.1, 0.15) is 10.9 Å². The summed E-state index contributed by atoms with van der Waals surface area (Å²) in [5.41, 5.74) is 2.45. The van der Waals surface area contributed by atoms with Gasteiger partial charge in [0.25, 0.3) is 0 Å². The Morgan fingerprint density at radius 2 is 2.35 bits per heavy atom. The van der Waals surface area contributed by atoms with Crippen molar-refractivity contribution in [2.75, 3.05) is 5.32 Å². The number of anilines is 1. The van der Waals surface area contributed by atoms with Crippen LogP contribution < -0.4 is 5.32 Å². The number of nitrogens with zero attached hydrogens (tertiary/aromatic N) is 2. The van der Waals surface area contributed by atoms with Gasteiger partial charge in [0, 0.05) is 11.0 Å². The molecule has 1 N–H and O–H groups in total. The van der Waals surface area contributed by atoms with Gasteiger partial charge in [-0.2, -0.15) is 5.26 Å². The molecular formula is C12H10BrN3S. The maximum absolute atomic E-state index is 8.70. The van der Waals surface area contributed by atoms with Crippen molar-refractivity contribution in [2.24, 2.45) is 0 Å². The second kappa shape index (κ2) is 5.30. The van der Waals surface area contributed by atoms with Crippen LogP contribution in [-0.2, 0) is 6.54 Å². The van der Waals surface area contributed by atoms with Crippen LogP contribution in [0.15, 0.2) is 28.9 Å². The van der Waals surface area contributed by atoms with Crippen LogP contribution in [0, 0.1) is 18.3 Å². The predicted molar refractivity (Wildman–Crippen MR) is 73.0 cm³/mol. The number of nitriles is 1. The number of aromatic nitrogens is 1. The first-order valence-electron chi connectivity index (χ1n) is 5.04. The quantitative estimate of drug-likeness (QED) is 0.940. The molecule has 0 aliphatic heterocycles. The van der Waals surface area contributed by atoms with Gasteiger partial charge in [-0.15, -0.1) is 0 Å². The average Bonchev–Trinajstić information content (AvgIpc) is 2.78. The molecule has 0 bridgehead atoms. The van der Waals surface area contributed by atoms with Gasteiger partial charge in [0.2, 0.25) is 0 Å². The SMILES string of the molecule is Cc1ccc(Br)cc1CNc1ncc(C#N)s1. The lowest BCUT2D eigenvalue weighted by molar-refractivity contribution is 1.10. The van der Waals surface area contributed by atoms with E-state index in [0.29, 0.717) is 11.4 Å². The van der Waals surface area contributed by atoms with Crippen molar-refractivity contribution < 1.29 is 0 Å². The lowest BCUT2D eigenvalue weighted by atomic mass is 10.1. The molecule has 0 radical (unpaired) electrons. The maximum Gasteiger partial charge on any atom is 0.184 e. The fourth-order valence-electron chi connectivity index (χ4n) is 1.41. The monoisotopic (exact) mass is 307 g/mol. The van der Waals surface area contributed by atoms with E-state index in [4.69, 9.17) is 5.26 Å². The summed E-state index contributed by atoms with van der Waals surface area (Å²) in [6, 6.07) is 8.26. The first-order chi connectivity index (χ1) is 8.19. The third-order valence-electron chi connectivity index (χ3n) is 2.36. The summed E-state index contributed by atoms with van der Waals surface area (Å²) in [4.78, 5) is 4.75. The average molecular weight is 308 g/mol. The van der Waals surface area contributed by atoms with Crippen LogP contribution >= 0.6 is 27.3 Å². The smallest absolute Gasteiger partial charge is 0.184 e. The van der Waals surface area contributed by atoms with Crippen molar-refractivity contribution in [3.05, 3.63) is 44.9 Å². The lowest BCUT2D eigenvalue weighted by Gasteiger charge is -2.07. The molecule has 2 rings (SSSR count). The molecule has 0 spiro atoms. The van der Waals surface area contributed by atoms with Crippen LogP contribution in [0.4, 0.5) is 5.13 Å². The van der Waals surface area contributed by atoms with Crippen molar-refractivity contribution in [1.82, 2.24) is 4.98 Å². The van der Waals surface area contributed by atoms with Crippen molar-refractivity contribution in [1.29, 1.82) is 5.26 Å². The Bertz CT molecular complexity index is 571. The topological polar surface area (TPSA) is 48.7 Å². The number of hydrogen-bond acceptors (Lipinski definition) is 4. The van der Waals surface area contributed by atoms with Gasteiger partial charge in [0.15, 0.2) is 5.13 Å². The molecule has 0 aliphatic carbocycles. The summed E-state index contributed by atoms with van der Waals surface area (Å²) in [6.45, 7) is 2.79. The number of halogens is 1. The highest BCUT2D eigenvalue weighted by atomic mass is 79.9. The van der Waals surface area contributed by atoms with Crippen LogP contribution in [0.3, 0.4) is 0 Å². The summed E-state index contributed by atoms with van der Waals surface area (Å²) in [5.74, 6) is 0. The summed E-state index contributed by atoms with van der Waals surface area (Å²) in [6.07, 6.45) is 1.58. The highest BCUT2D eigenvalue weighted by Crippen LogP contribution is 2.20. The third kappa shape index (κ3) is 3.05. The van der Waals surface area contributed by atoms with Gasteiger partial charge in [-0.05, 0) is 30.2 Å². The van der Waals surface area contributed by atoms with Crippen molar-refractivity contribution >= 4 is 32.4 Å². The van der Waals surface area contributed by atoms with Gasteiger partial charge in [-0.3, -0.25) is 0 Å². The first-order valence-corrected chi connectivity index (χ1v) is 6.65. The maximum atomic E-state index is 8.70. The van der Waals surface area contributed by atoms with Crippen molar-refractivity contribution in [3.8, 4) is 6.07 Å². The van der Waals surface area contributed by atoms with E-state index in [2.05, 4.69) is 51.4 Å². The Kier molecular flexibility index (Phi) is 3.77. The predicted octanol–water partition coefficient (Wildman–Crippen LogP) is 3.70. The molecule has 0 unspecified atom stereocenters. The van der Waals surface area contributed by atoms with Gasteiger partial charge < -0.3 is 5.32 Å². The summed E-state index contributed by atoms with van der Waals surface area (Å²) < 4.78 is 1.07. The number of nitrogens with one attached hydrogen (secondary N) is 1. The molecule has 1 heterocycles. The summed E-state index contributed by atoms with van der Waals surface area (Å²) in [5, 5.41) is 12.7. The Hall–Kier alpha value is -1.38. The molecule has 3 nitrogen and oxygen atoms in total. The highest BCUT2D eigenvalue weighted by molar-refractivity contribution is 9.10. The zero-order valence-corrected chi connectivity index (χ0v) is 11.6. The van der Waals surface area contributed by atoms with E-state index < -0.39 is 0 Å². The second-order valence-corrected chi connectivity index (χ2v) is 5.51. The first kappa shape index (κ1) is 12.1. The van der Waals surface area contributed by atoms with Gasteiger partial charge in [-0.25, -0.2) is 4.98 Å². The number of aryl methyl sites for hydroxylation is 1. The number of thiazole rings is 1. The molecule has 1 aromatic heterocycles. The molecule has 0 fully saturated rings. The van der Waals surface area contributed by atoms with E-state index in [0.717, 1.165) is 9.60 Å². The number of hydrogen-bond donors (Lipinski definition) is 1. The molecule has 1 aromatic carbocycles. The van der Waals surface area contributed by atoms with E-state index in [9.17, 15) is 0 Å². The largest absolute Gasteiger partial charge is 0.357 e. The minimum Gasteiger partial charge on any atom is -0.357 e. The molecule has 0 saturated carbocycles. The van der Waals surface area contributed by atoms with Gasteiger partial charge in [-0.1, -0.05) is 33.3 Å². The number of benzene rings is 1. The van der Waals surface area contributed by atoms with Crippen molar-refractivity contribution in [3.63, 3.8) is 0 Å². The van der Waals surface area contributed by atoms with Crippen LogP contribution in [0.2, 0.25) is 0 Å². The molecular weight excluding hydrogens is 298 g/mol. The van der Waals surface area contributed by atoms with Crippen molar-refractivity contribution in [2.45, 2.75) is 13.5 Å². The summed E-state index contributed by atoms with van der Waals surface area (Å²) in [7, 11) is 0. The second-order valence-electron chi connectivity index (χ2n) is 3.57.